The maximum absolute atomic E-state index is 12.2. The minimum Gasteiger partial charge on any atom is -0.494 e. The van der Waals surface area contributed by atoms with E-state index in [1.807, 2.05) is 0 Å². The quantitative estimate of drug-likeness (QED) is 0.335. The van der Waals surface area contributed by atoms with Crippen molar-refractivity contribution in [3.63, 3.8) is 0 Å². The number of nitrogens with two attached hydrogens (primary N) is 1. The second kappa shape index (κ2) is 8.96. The van der Waals surface area contributed by atoms with Gasteiger partial charge in [0.15, 0.2) is 11.5 Å². The normalized spacial score (nSPS) is 11.6. The van der Waals surface area contributed by atoms with Crippen LogP contribution in [0, 0.1) is 0 Å². The van der Waals surface area contributed by atoms with Crippen molar-refractivity contribution in [1.82, 2.24) is 4.98 Å². The summed E-state index contributed by atoms with van der Waals surface area (Å²) in [6.07, 6.45) is 3.17. The third-order valence-corrected chi connectivity index (χ3v) is 3.78. The lowest BCUT2D eigenvalue weighted by molar-refractivity contribution is 0.0988. The number of hydrogen-bond donors (Lipinski definition) is 2. The number of hydrogen-bond acceptors (Lipinski definition) is 5. The molecule has 2 rings (SSSR count). The number of carbonyl (C=O) groups is 1. The molecular formula is C18H20ClN5O2. The van der Waals surface area contributed by atoms with Crippen molar-refractivity contribution in [3.8, 4) is 5.75 Å². The SMILES string of the molecule is CCC(=O)c1cnc(Cl)cc1Nc1cccc(C(N)=NC=NC)c1OC. The van der Waals surface area contributed by atoms with Crippen molar-refractivity contribution in [2.45, 2.75) is 13.3 Å². The number of pyridine rings is 1. The van der Waals surface area contributed by atoms with E-state index in [0.29, 0.717) is 34.7 Å². The number of benzene rings is 1. The number of nitrogens with one attached hydrogen (secondary N) is 1. The molecule has 0 aliphatic heterocycles. The number of rotatable bonds is 7. The van der Waals surface area contributed by atoms with E-state index >= 15 is 0 Å². The van der Waals surface area contributed by atoms with Crippen LogP contribution in [0.1, 0.15) is 29.3 Å². The number of halogens is 1. The Labute approximate surface area is 157 Å². The Hall–Kier alpha value is -2.93. The Balaban J connectivity index is 2.51. The third-order valence-electron chi connectivity index (χ3n) is 3.57. The van der Waals surface area contributed by atoms with Gasteiger partial charge >= 0.3 is 0 Å². The van der Waals surface area contributed by atoms with Crippen LogP contribution in [0.3, 0.4) is 0 Å². The van der Waals surface area contributed by atoms with E-state index in [1.54, 1.807) is 38.2 Å². The molecule has 0 unspecified atom stereocenters. The summed E-state index contributed by atoms with van der Waals surface area (Å²) < 4.78 is 5.51. The molecule has 0 fully saturated rings. The van der Waals surface area contributed by atoms with Gasteiger partial charge in [-0.1, -0.05) is 24.6 Å². The van der Waals surface area contributed by atoms with Crippen LogP contribution in [0.25, 0.3) is 0 Å². The van der Waals surface area contributed by atoms with Crippen LogP contribution in [-0.4, -0.2) is 37.1 Å². The maximum atomic E-state index is 12.2. The predicted octanol–water partition coefficient (Wildman–Crippen LogP) is 3.44. The molecule has 0 spiro atoms. The lowest BCUT2D eigenvalue weighted by Gasteiger charge is -2.16. The number of Topliss-reactive ketones (excluding diaryl/α,β-unsaturated/α-hetero) is 1. The molecule has 0 aliphatic rings. The molecule has 8 heteroatoms. The number of aliphatic imine (C=N–C) groups is 2. The van der Waals surface area contributed by atoms with E-state index in [9.17, 15) is 4.79 Å². The van der Waals surface area contributed by atoms with Crippen LogP contribution in [0.5, 0.6) is 5.75 Å². The van der Waals surface area contributed by atoms with Crippen LogP contribution in [-0.2, 0) is 0 Å². The predicted molar refractivity (Wildman–Crippen MR) is 105 cm³/mol. The first-order valence-electron chi connectivity index (χ1n) is 7.88. The highest BCUT2D eigenvalue weighted by Gasteiger charge is 2.16. The van der Waals surface area contributed by atoms with Gasteiger partial charge in [-0.25, -0.2) is 9.98 Å². The smallest absolute Gasteiger partial charge is 0.166 e. The summed E-state index contributed by atoms with van der Waals surface area (Å²) in [5.41, 5.74) is 8.21. The van der Waals surface area contributed by atoms with Crippen LogP contribution in [0.4, 0.5) is 11.4 Å². The van der Waals surface area contributed by atoms with Gasteiger partial charge in [0.25, 0.3) is 0 Å². The van der Waals surface area contributed by atoms with E-state index in [2.05, 4.69) is 20.3 Å². The van der Waals surface area contributed by atoms with Crippen molar-refractivity contribution < 1.29 is 9.53 Å². The number of amidine groups is 1. The number of anilines is 2. The molecule has 3 N–H and O–H groups in total. The Morgan fingerprint density at radius 3 is 2.81 bits per heavy atom. The van der Waals surface area contributed by atoms with Crippen molar-refractivity contribution in [2.24, 2.45) is 15.7 Å². The van der Waals surface area contributed by atoms with Gasteiger partial charge in [-0.15, -0.1) is 0 Å². The van der Waals surface area contributed by atoms with Gasteiger partial charge in [0, 0.05) is 19.7 Å². The van der Waals surface area contributed by atoms with Crippen LogP contribution < -0.4 is 15.8 Å². The zero-order chi connectivity index (χ0) is 19.1. The molecule has 0 amide bonds. The monoisotopic (exact) mass is 373 g/mol. The number of methoxy groups -OCH3 is 1. The second-order valence-electron chi connectivity index (χ2n) is 5.23. The Kier molecular flexibility index (Phi) is 6.68. The second-order valence-corrected chi connectivity index (χ2v) is 5.62. The fraction of sp³-hybridized carbons (Fsp3) is 0.222. The zero-order valence-electron chi connectivity index (χ0n) is 14.8. The molecule has 1 heterocycles. The van der Waals surface area contributed by atoms with Gasteiger partial charge in [-0.05, 0) is 18.2 Å². The summed E-state index contributed by atoms with van der Waals surface area (Å²) >= 11 is 6.00. The van der Waals surface area contributed by atoms with Crippen LogP contribution >= 0.6 is 11.6 Å². The van der Waals surface area contributed by atoms with Crippen molar-refractivity contribution in [1.29, 1.82) is 0 Å². The molecule has 0 saturated heterocycles. The lowest BCUT2D eigenvalue weighted by atomic mass is 10.1. The van der Waals surface area contributed by atoms with Gasteiger partial charge in [-0.2, -0.15) is 0 Å². The number of para-hydroxylation sites is 1. The molecule has 2 aromatic rings. The average Bonchev–Trinajstić information content (AvgIpc) is 2.65. The number of ketones is 1. The van der Waals surface area contributed by atoms with E-state index in [0.717, 1.165) is 0 Å². The van der Waals surface area contributed by atoms with Crippen LogP contribution in [0.15, 0.2) is 40.4 Å². The summed E-state index contributed by atoms with van der Waals surface area (Å²) in [5.74, 6) is 0.696. The summed E-state index contributed by atoms with van der Waals surface area (Å²) in [4.78, 5) is 24.0. The Bertz CT molecular complexity index is 865. The zero-order valence-corrected chi connectivity index (χ0v) is 15.5. The molecule has 26 heavy (non-hydrogen) atoms. The van der Waals surface area contributed by atoms with Gasteiger partial charge < -0.3 is 15.8 Å². The lowest BCUT2D eigenvalue weighted by Crippen LogP contribution is -2.15. The maximum Gasteiger partial charge on any atom is 0.166 e. The van der Waals surface area contributed by atoms with E-state index in [-0.39, 0.29) is 16.8 Å². The standard InChI is InChI=1S/C18H20ClN5O2/c1-4-15(25)12-9-22-16(19)8-14(12)24-13-7-5-6-11(17(13)26-3)18(20)23-10-21-2/h5-10H,4H2,1-3H3,(H,22,24)(H2,20,21,23). The number of nitrogens with zero attached hydrogens (tertiary/aromatic N) is 3. The summed E-state index contributed by atoms with van der Waals surface area (Å²) in [5, 5.41) is 3.46. The van der Waals surface area contributed by atoms with Gasteiger partial charge in [0.05, 0.1) is 29.6 Å². The van der Waals surface area contributed by atoms with Gasteiger partial charge in [0.1, 0.15) is 17.3 Å². The van der Waals surface area contributed by atoms with Crippen LogP contribution in [0.2, 0.25) is 5.15 Å². The van der Waals surface area contributed by atoms with Gasteiger partial charge in [-0.3, -0.25) is 9.79 Å². The molecule has 7 nitrogen and oxygen atoms in total. The number of carbonyl (C=O) groups excluding carboxylic acids is 1. The largest absolute Gasteiger partial charge is 0.494 e. The highest BCUT2D eigenvalue weighted by molar-refractivity contribution is 6.29. The first-order chi connectivity index (χ1) is 12.5. The van der Waals surface area contributed by atoms with E-state index < -0.39 is 0 Å². The van der Waals surface area contributed by atoms with Crippen molar-refractivity contribution >= 4 is 40.9 Å². The Morgan fingerprint density at radius 1 is 1.38 bits per heavy atom. The topological polar surface area (TPSA) is 102 Å². The average molecular weight is 374 g/mol. The molecule has 0 radical (unpaired) electrons. The molecule has 1 aromatic heterocycles. The first kappa shape index (κ1) is 19.4. The first-order valence-corrected chi connectivity index (χ1v) is 8.26. The highest BCUT2D eigenvalue weighted by Crippen LogP contribution is 2.33. The van der Waals surface area contributed by atoms with Gasteiger partial charge in [0.2, 0.25) is 0 Å². The molecule has 1 aromatic carbocycles. The minimum absolute atomic E-state index is 0.0491. The summed E-state index contributed by atoms with van der Waals surface area (Å²) in [6.45, 7) is 1.79. The summed E-state index contributed by atoms with van der Waals surface area (Å²) in [6, 6.07) is 6.98. The summed E-state index contributed by atoms with van der Waals surface area (Å²) in [7, 11) is 3.13. The highest BCUT2D eigenvalue weighted by atomic mass is 35.5. The van der Waals surface area contributed by atoms with E-state index in [1.165, 1.54) is 19.6 Å². The number of ether oxygens (including phenoxy) is 1. The van der Waals surface area contributed by atoms with Crippen molar-refractivity contribution in [3.05, 3.63) is 46.7 Å². The van der Waals surface area contributed by atoms with Crippen molar-refractivity contribution in [2.75, 3.05) is 19.5 Å². The minimum atomic E-state index is -0.0491. The molecular weight excluding hydrogens is 354 g/mol. The molecule has 0 atom stereocenters. The molecule has 0 bridgehead atoms. The molecule has 0 saturated carbocycles. The molecule has 136 valence electrons. The number of aromatic nitrogens is 1. The molecule has 0 aliphatic carbocycles. The third kappa shape index (κ3) is 4.37. The van der Waals surface area contributed by atoms with E-state index in [4.69, 9.17) is 22.1 Å². The fourth-order valence-corrected chi connectivity index (χ4v) is 2.50. The Morgan fingerprint density at radius 2 is 2.15 bits per heavy atom. The fourth-order valence-electron chi connectivity index (χ4n) is 2.34.